The average Bonchev–Trinajstić information content (AvgIpc) is 2.76. The van der Waals surface area contributed by atoms with Crippen LogP contribution >= 0.6 is 0 Å². The van der Waals surface area contributed by atoms with Gasteiger partial charge >= 0.3 is 5.97 Å². The maximum Gasteiger partial charge on any atom is 0.305 e. The zero-order chi connectivity index (χ0) is 25.5. The number of sulfonamides is 2. The highest BCUT2D eigenvalue weighted by molar-refractivity contribution is 7.90. The van der Waals surface area contributed by atoms with Crippen molar-refractivity contribution in [3.63, 3.8) is 0 Å². The van der Waals surface area contributed by atoms with Gasteiger partial charge in [0.15, 0.2) is 0 Å². The quantitative estimate of drug-likeness (QED) is 0.274. The summed E-state index contributed by atoms with van der Waals surface area (Å²) in [5.74, 6) is -2.84. The highest BCUT2D eigenvalue weighted by atomic mass is 32.2. The van der Waals surface area contributed by atoms with Gasteiger partial charge in [-0.15, -0.1) is 0 Å². The smallest absolute Gasteiger partial charge is 0.305 e. The number of aromatic nitrogens is 1. The van der Waals surface area contributed by atoms with E-state index in [0.717, 1.165) is 31.3 Å². The zero-order valence-electron chi connectivity index (χ0n) is 17.6. The molecule has 0 aliphatic carbocycles. The highest BCUT2D eigenvalue weighted by Crippen LogP contribution is 2.16. The molecule has 0 aliphatic rings. The Kier molecular flexibility index (Phi) is 8.56. The van der Waals surface area contributed by atoms with E-state index in [4.69, 9.17) is 5.11 Å². The van der Waals surface area contributed by atoms with Crippen molar-refractivity contribution in [3.8, 4) is 0 Å². The first kappa shape index (κ1) is 26.6. The van der Waals surface area contributed by atoms with E-state index in [1.807, 2.05) is 0 Å². The molecule has 2 aromatic rings. The fourth-order valence-electron chi connectivity index (χ4n) is 2.55. The monoisotopic (exact) mass is 512 g/mol. The molecule has 4 N–H and O–H groups in total. The fourth-order valence-corrected chi connectivity index (χ4v) is 4.70. The predicted octanol–water partition coefficient (Wildman–Crippen LogP) is -0.843. The van der Waals surface area contributed by atoms with E-state index >= 15 is 0 Å². The summed E-state index contributed by atoms with van der Waals surface area (Å²) >= 11 is 0. The Morgan fingerprint density at radius 2 is 1.71 bits per heavy atom. The number of benzene rings is 1. The van der Waals surface area contributed by atoms with E-state index in [-0.39, 0.29) is 22.7 Å². The number of amides is 2. The summed E-state index contributed by atoms with van der Waals surface area (Å²) in [5, 5.41) is 10.9. The minimum Gasteiger partial charge on any atom is -0.481 e. The number of aliphatic carboxylic acids is 1. The molecular formula is C19H20N4O9S2. The summed E-state index contributed by atoms with van der Waals surface area (Å²) in [5.41, 5.74) is 0.222. The van der Waals surface area contributed by atoms with Crippen LogP contribution in [0.2, 0.25) is 0 Å². The van der Waals surface area contributed by atoms with Crippen molar-refractivity contribution < 1.29 is 41.1 Å². The second-order valence-electron chi connectivity index (χ2n) is 6.81. The van der Waals surface area contributed by atoms with E-state index in [2.05, 4.69) is 15.0 Å². The van der Waals surface area contributed by atoms with E-state index < -0.39 is 55.2 Å². The molecule has 0 bridgehead atoms. The first-order chi connectivity index (χ1) is 15.8. The molecule has 1 aromatic heterocycles. The molecule has 2 rings (SSSR count). The Morgan fingerprint density at radius 3 is 2.24 bits per heavy atom. The SMILES string of the molecule is CC(=O)NS(=O)(=O)c1cccc(S(=O)(=O)NCc2ccc(C(=O)N[C@H](C=O)CC(=O)O)cn2)c1. The molecule has 1 aromatic carbocycles. The summed E-state index contributed by atoms with van der Waals surface area (Å²) in [6.07, 6.45) is 0.817. The normalized spacial score (nSPS) is 12.4. The molecule has 0 saturated heterocycles. The van der Waals surface area contributed by atoms with Crippen LogP contribution in [0.15, 0.2) is 52.4 Å². The molecule has 13 nitrogen and oxygen atoms in total. The molecule has 0 unspecified atom stereocenters. The van der Waals surface area contributed by atoms with Crippen LogP contribution in [0.25, 0.3) is 0 Å². The van der Waals surface area contributed by atoms with Crippen molar-refractivity contribution in [3.05, 3.63) is 53.9 Å². The van der Waals surface area contributed by atoms with Crippen molar-refractivity contribution >= 4 is 44.1 Å². The summed E-state index contributed by atoms with van der Waals surface area (Å²) in [4.78, 5) is 47.9. The second kappa shape index (κ2) is 11.0. The number of carboxylic acids is 1. The Labute approximate surface area is 194 Å². The standard InChI is InChI=1S/C19H20N4O9S2/c1-12(25)23-34(31,32)17-4-2-3-16(8-17)33(29,30)21-10-14-6-5-13(9-20-14)19(28)22-15(11-24)7-18(26)27/h2-6,8-9,11,15,21H,7,10H2,1H3,(H,22,28)(H,23,25)(H,26,27)/t15-/m0/s1. The topological polar surface area (TPSA) is 206 Å². The van der Waals surface area contributed by atoms with E-state index in [1.165, 1.54) is 18.2 Å². The van der Waals surface area contributed by atoms with Gasteiger partial charge in [0, 0.05) is 13.1 Å². The van der Waals surface area contributed by atoms with Crippen LogP contribution in [-0.4, -0.2) is 57.0 Å². The third kappa shape index (κ3) is 7.43. The van der Waals surface area contributed by atoms with Gasteiger partial charge < -0.3 is 15.2 Å². The third-order valence-corrected chi connectivity index (χ3v) is 6.94. The molecule has 1 heterocycles. The first-order valence-electron chi connectivity index (χ1n) is 9.40. The van der Waals surface area contributed by atoms with Crippen molar-refractivity contribution in [1.82, 2.24) is 19.7 Å². The van der Waals surface area contributed by atoms with Crippen LogP contribution < -0.4 is 14.8 Å². The van der Waals surface area contributed by atoms with Gasteiger partial charge in [0.1, 0.15) is 6.29 Å². The number of pyridine rings is 1. The molecule has 0 fully saturated rings. The lowest BCUT2D eigenvalue weighted by molar-refractivity contribution is -0.138. The maximum atomic E-state index is 12.6. The number of nitrogens with zero attached hydrogens (tertiary/aromatic N) is 1. The van der Waals surface area contributed by atoms with E-state index in [1.54, 1.807) is 4.72 Å². The zero-order valence-corrected chi connectivity index (χ0v) is 19.2. The molecule has 0 saturated carbocycles. The van der Waals surface area contributed by atoms with Gasteiger partial charge in [-0.2, -0.15) is 0 Å². The number of carboxylic acid groups (broad SMARTS) is 1. The molecule has 0 spiro atoms. The molecular weight excluding hydrogens is 492 g/mol. The van der Waals surface area contributed by atoms with Gasteiger partial charge in [0.05, 0.1) is 40.1 Å². The van der Waals surface area contributed by atoms with Crippen molar-refractivity contribution in [2.75, 3.05) is 0 Å². The van der Waals surface area contributed by atoms with Crippen molar-refractivity contribution in [1.29, 1.82) is 0 Å². The Morgan fingerprint density at radius 1 is 1.06 bits per heavy atom. The molecule has 34 heavy (non-hydrogen) atoms. The third-order valence-electron chi connectivity index (χ3n) is 4.11. The van der Waals surface area contributed by atoms with Crippen LogP contribution in [0.5, 0.6) is 0 Å². The molecule has 182 valence electrons. The first-order valence-corrected chi connectivity index (χ1v) is 12.4. The molecule has 1 atom stereocenters. The van der Waals surface area contributed by atoms with Gasteiger partial charge in [0.25, 0.3) is 15.9 Å². The van der Waals surface area contributed by atoms with E-state index in [0.29, 0.717) is 6.29 Å². The second-order valence-corrected chi connectivity index (χ2v) is 10.3. The maximum absolute atomic E-state index is 12.6. The highest BCUT2D eigenvalue weighted by Gasteiger charge is 2.21. The lowest BCUT2D eigenvalue weighted by atomic mass is 10.2. The number of nitrogens with one attached hydrogen (secondary N) is 3. The summed E-state index contributed by atoms with van der Waals surface area (Å²) < 4.78 is 53.3. The van der Waals surface area contributed by atoms with Gasteiger partial charge in [-0.1, -0.05) is 6.07 Å². The number of hydrogen-bond acceptors (Lipinski definition) is 9. The molecule has 15 heteroatoms. The van der Waals surface area contributed by atoms with Crippen LogP contribution in [0.4, 0.5) is 0 Å². The van der Waals surface area contributed by atoms with Crippen LogP contribution in [0.1, 0.15) is 29.4 Å². The fraction of sp³-hybridized carbons (Fsp3) is 0.211. The Hall–Kier alpha value is -3.69. The van der Waals surface area contributed by atoms with Gasteiger partial charge in [-0.3, -0.25) is 19.4 Å². The van der Waals surface area contributed by atoms with Crippen LogP contribution in [0.3, 0.4) is 0 Å². The molecule has 0 radical (unpaired) electrons. The van der Waals surface area contributed by atoms with Gasteiger partial charge in [-0.05, 0) is 30.3 Å². The summed E-state index contributed by atoms with van der Waals surface area (Å²) in [6, 6.07) is 5.79. The van der Waals surface area contributed by atoms with Crippen molar-refractivity contribution in [2.24, 2.45) is 0 Å². The summed E-state index contributed by atoms with van der Waals surface area (Å²) in [6.45, 7) is 0.696. The lowest BCUT2D eigenvalue weighted by Crippen LogP contribution is -2.37. The lowest BCUT2D eigenvalue weighted by Gasteiger charge is -2.11. The summed E-state index contributed by atoms with van der Waals surface area (Å²) in [7, 11) is -8.40. The van der Waals surface area contributed by atoms with Gasteiger partial charge in [0.2, 0.25) is 15.9 Å². The number of aldehydes is 1. The van der Waals surface area contributed by atoms with Crippen LogP contribution in [-0.2, 0) is 41.0 Å². The van der Waals surface area contributed by atoms with Gasteiger partial charge in [-0.25, -0.2) is 26.3 Å². The number of rotatable bonds is 11. The predicted molar refractivity (Wildman–Crippen MR) is 115 cm³/mol. The Bertz CT molecular complexity index is 1310. The minimum atomic E-state index is -4.24. The number of hydrogen-bond donors (Lipinski definition) is 4. The minimum absolute atomic E-state index is 0.0136. The van der Waals surface area contributed by atoms with Crippen molar-refractivity contribution in [2.45, 2.75) is 35.7 Å². The number of carbonyl (C=O) groups excluding carboxylic acids is 3. The number of carbonyl (C=O) groups is 4. The largest absolute Gasteiger partial charge is 0.481 e. The molecule has 2 amide bonds. The average molecular weight is 513 g/mol. The van der Waals surface area contributed by atoms with E-state index in [9.17, 15) is 36.0 Å². The molecule has 0 aliphatic heterocycles. The van der Waals surface area contributed by atoms with Crippen LogP contribution in [0, 0.1) is 0 Å². The Balaban J connectivity index is 2.08.